The lowest BCUT2D eigenvalue weighted by Crippen LogP contribution is -2.60. The van der Waals surface area contributed by atoms with E-state index in [9.17, 15) is 35.4 Å². The van der Waals surface area contributed by atoms with Gasteiger partial charge >= 0.3 is 0 Å². The zero-order valence-electron chi connectivity index (χ0n) is 16.0. The van der Waals surface area contributed by atoms with Crippen molar-refractivity contribution in [1.29, 1.82) is 0 Å². The lowest BCUT2D eigenvalue weighted by atomic mass is 9.99. The van der Waals surface area contributed by atoms with Crippen LogP contribution in [0.1, 0.15) is 0 Å². The molecule has 1 fully saturated rings. The number of hydrogen-bond donors (Lipinski definition) is 6. The molecule has 4 rings (SSSR count). The van der Waals surface area contributed by atoms with E-state index in [1.54, 1.807) is 0 Å². The molecule has 1 aliphatic heterocycles. The van der Waals surface area contributed by atoms with Crippen LogP contribution in [0.2, 0.25) is 0 Å². The lowest BCUT2D eigenvalue weighted by Gasteiger charge is -2.39. The number of aliphatic hydroxyl groups excluding tert-OH is 4. The Morgan fingerprint density at radius 2 is 1.65 bits per heavy atom. The molecule has 31 heavy (non-hydrogen) atoms. The van der Waals surface area contributed by atoms with E-state index >= 15 is 0 Å². The Balaban J connectivity index is 1.60. The third-order valence-corrected chi connectivity index (χ3v) is 5.07. The highest BCUT2D eigenvalue weighted by Crippen LogP contribution is 2.33. The second kappa shape index (κ2) is 8.17. The Morgan fingerprint density at radius 1 is 0.935 bits per heavy atom. The van der Waals surface area contributed by atoms with E-state index in [0.29, 0.717) is 5.56 Å². The predicted molar refractivity (Wildman–Crippen MR) is 106 cm³/mol. The Morgan fingerprint density at radius 3 is 2.32 bits per heavy atom. The summed E-state index contributed by atoms with van der Waals surface area (Å²) in [4.78, 5) is 12.4. The van der Waals surface area contributed by atoms with Gasteiger partial charge in [-0.05, 0) is 36.4 Å². The van der Waals surface area contributed by atoms with E-state index < -0.39 is 48.5 Å². The van der Waals surface area contributed by atoms with Crippen LogP contribution in [-0.4, -0.2) is 68.0 Å². The first kappa shape index (κ1) is 21.1. The fraction of sp³-hybridized carbons (Fsp3) is 0.286. The monoisotopic (exact) mass is 432 g/mol. The second-order valence-electron chi connectivity index (χ2n) is 7.13. The molecule has 5 atom stereocenters. The molecule has 0 aliphatic carbocycles. The van der Waals surface area contributed by atoms with Crippen LogP contribution in [0, 0.1) is 0 Å². The maximum atomic E-state index is 12.4. The van der Waals surface area contributed by atoms with Crippen molar-refractivity contribution < 1.29 is 44.5 Å². The van der Waals surface area contributed by atoms with Crippen molar-refractivity contribution in [3.8, 4) is 28.6 Å². The number of ether oxygens (including phenoxy) is 2. The highest BCUT2D eigenvalue weighted by molar-refractivity contribution is 5.82. The highest BCUT2D eigenvalue weighted by Gasteiger charge is 2.44. The Bertz CT molecular complexity index is 1140. The number of benzene rings is 2. The predicted octanol–water partition coefficient (Wildman–Crippen LogP) is 0.0499. The summed E-state index contributed by atoms with van der Waals surface area (Å²) in [6, 6.07) is 9.76. The molecule has 10 heteroatoms. The van der Waals surface area contributed by atoms with E-state index in [1.807, 2.05) is 0 Å². The maximum absolute atomic E-state index is 12.4. The van der Waals surface area contributed by atoms with E-state index in [1.165, 1.54) is 42.5 Å². The first-order chi connectivity index (χ1) is 14.8. The van der Waals surface area contributed by atoms with E-state index in [0.717, 1.165) is 0 Å². The van der Waals surface area contributed by atoms with Gasteiger partial charge in [0.25, 0.3) is 0 Å². The van der Waals surface area contributed by atoms with Gasteiger partial charge in [-0.3, -0.25) is 4.79 Å². The molecule has 2 heterocycles. The number of fused-ring (bicyclic) bond motifs is 1. The summed E-state index contributed by atoms with van der Waals surface area (Å²) < 4.78 is 16.4. The number of aliphatic hydroxyl groups is 4. The molecule has 164 valence electrons. The molecule has 0 radical (unpaired) electrons. The van der Waals surface area contributed by atoms with Crippen molar-refractivity contribution in [3.63, 3.8) is 0 Å². The Labute approximate surface area is 174 Å². The molecular weight excluding hydrogens is 412 g/mol. The zero-order valence-corrected chi connectivity index (χ0v) is 16.0. The van der Waals surface area contributed by atoms with Gasteiger partial charge in [0.05, 0.1) is 12.0 Å². The van der Waals surface area contributed by atoms with Crippen LogP contribution in [-0.2, 0) is 4.74 Å². The van der Waals surface area contributed by atoms with Gasteiger partial charge in [-0.25, -0.2) is 0 Å². The van der Waals surface area contributed by atoms with Gasteiger partial charge in [0, 0.05) is 11.6 Å². The van der Waals surface area contributed by atoms with Crippen LogP contribution in [0.5, 0.6) is 17.2 Å². The van der Waals surface area contributed by atoms with Crippen molar-refractivity contribution in [2.75, 3.05) is 6.61 Å². The quantitative estimate of drug-likeness (QED) is 0.331. The van der Waals surface area contributed by atoms with Gasteiger partial charge in [0.15, 0.2) is 5.76 Å². The van der Waals surface area contributed by atoms with Gasteiger partial charge in [0.2, 0.25) is 17.5 Å². The minimum Gasteiger partial charge on any atom is -0.508 e. The average Bonchev–Trinajstić information content (AvgIpc) is 2.77. The van der Waals surface area contributed by atoms with Crippen molar-refractivity contribution in [1.82, 2.24) is 0 Å². The molecule has 0 spiro atoms. The van der Waals surface area contributed by atoms with E-state index in [-0.39, 0.29) is 28.2 Å². The molecule has 1 saturated heterocycles. The van der Waals surface area contributed by atoms with Gasteiger partial charge < -0.3 is 44.5 Å². The van der Waals surface area contributed by atoms with Crippen molar-refractivity contribution in [2.45, 2.75) is 30.7 Å². The highest BCUT2D eigenvalue weighted by atomic mass is 16.7. The van der Waals surface area contributed by atoms with E-state index in [2.05, 4.69) is 0 Å². The van der Waals surface area contributed by atoms with Crippen molar-refractivity contribution >= 4 is 11.0 Å². The van der Waals surface area contributed by atoms with Gasteiger partial charge in [-0.1, -0.05) is 0 Å². The SMILES string of the molecule is O=c1c(O)c(-c2ccc(O[C@@H]3O[C@H](CO)[C@@H](O)[C@@H](O)[C@H]3O)cc2)oc2cc(O)ccc12. The molecule has 2 aromatic carbocycles. The standard InChI is InChI=1S/C21H20O10/c22-8-14-16(25)17(26)19(28)21(31-14)29-11-4-1-9(2-5-11)20-18(27)15(24)12-6-3-10(23)7-13(12)30-20/h1-7,14,16-17,19,21-23,25-28H,8H2/t14-,16-,17-,19-,21-/m1/s1. The fourth-order valence-electron chi connectivity index (χ4n) is 3.35. The van der Waals surface area contributed by atoms with Crippen LogP contribution < -0.4 is 10.2 Å². The Kier molecular flexibility index (Phi) is 5.56. The number of hydrogen-bond acceptors (Lipinski definition) is 10. The molecule has 0 saturated carbocycles. The summed E-state index contributed by atoms with van der Waals surface area (Å²) in [7, 11) is 0. The van der Waals surface area contributed by atoms with Gasteiger partial charge in [-0.15, -0.1) is 0 Å². The molecule has 1 aliphatic rings. The smallest absolute Gasteiger partial charge is 0.235 e. The topological polar surface area (TPSA) is 170 Å². The Hall–Kier alpha value is -3.15. The average molecular weight is 432 g/mol. The van der Waals surface area contributed by atoms with Gasteiger partial charge in [-0.2, -0.15) is 0 Å². The van der Waals surface area contributed by atoms with Crippen molar-refractivity contribution in [3.05, 3.63) is 52.7 Å². The second-order valence-corrected chi connectivity index (χ2v) is 7.13. The third kappa shape index (κ3) is 3.82. The molecule has 3 aromatic rings. The molecule has 6 N–H and O–H groups in total. The maximum Gasteiger partial charge on any atom is 0.235 e. The summed E-state index contributed by atoms with van der Waals surface area (Å²) in [5.41, 5.74) is -0.224. The molecule has 0 bridgehead atoms. The van der Waals surface area contributed by atoms with E-state index in [4.69, 9.17) is 13.9 Å². The van der Waals surface area contributed by atoms with Crippen LogP contribution in [0.25, 0.3) is 22.3 Å². The van der Waals surface area contributed by atoms with Crippen LogP contribution >= 0.6 is 0 Å². The first-order valence-electron chi connectivity index (χ1n) is 9.36. The molecule has 1 aromatic heterocycles. The lowest BCUT2D eigenvalue weighted by molar-refractivity contribution is -0.277. The minimum atomic E-state index is -1.57. The molecule has 0 amide bonds. The van der Waals surface area contributed by atoms with Gasteiger partial charge in [0.1, 0.15) is 41.5 Å². The molecular formula is C21H20O10. The summed E-state index contributed by atoms with van der Waals surface area (Å²) in [5, 5.41) is 59.0. The summed E-state index contributed by atoms with van der Waals surface area (Å²) in [6.07, 6.45) is -7.09. The van der Waals surface area contributed by atoms with Crippen LogP contribution in [0.3, 0.4) is 0 Å². The van der Waals surface area contributed by atoms with Crippen LogP contribution in [0.4, 0.5) is 0 Å². The summed E-state index contributed by atoms with van der Waals surface area (Å²) in [6.45, 7) is -0.584. The molecule has 0 unspecified atom stereocenters. The first-order valence-corrected chi connectivity index (χ1v) is 9.36. The zero-order chi connectivity index (χ0) is 22.3. The molecule has 10 nitrogen and oxygen atoms in total. The third-order valence-electron chi connectivity index (χ3n) is 5.07. The number of phenolic OH excluding ortho intramolecular Hbond substituents is 1. The number of rotatable bonds is 4. The fourth-order valence-corrected chi connectivity index (χ4v) is 3.35. The van der Waals surface area contributed by atoms with Crippen molar-refractivity contribution in [2.24, 2.45) is 0 Å². The number of aromatic hydroxyl groups is 2. The van der Waals surface area contributed by atoms with Crippen LogP contribution in [0.15, 0.2) is 51.7 Å². The largest absolute Gasteiger partial charge is 0.508 e. The summed E-state index contributed by atoms with van der Waals surface area (Å²) in [5.74, 6) is -0.604. The minimum absolute atomic E-state index is 0.0967. The normalized spacial score (nSPS) is 26.1. The summed E-state index contributed by atoms with van der Waals surface area (Å²) >= 11 is 0. The number of phenols is 1.